The van der Waals surface area contributed by atoms with Crippen molar-refractivity contribution in [3.8, 4) is 0 Å². The van der Waals surface area contributed by atoms with Gasteiger partial charge < -0.3 is 10.6 Å². The molecule has 6 nitrogen and oxygen atoms in total. The van der Waals surface area contributed by atoms with Gasteiger partial charge in [-0.1, -0.05) is 29.9 Å². The summed E-state index contributed by atoms with van der Waals surface area (Å²) in [7, 11) is 0. The fourth-order valence-electron chi connectivity index (χ4n) is 3.60. The second-order valence-electron chi connectivity index (χ2n) is 7.16. The van der Waals surface area contributed by atoms with Crippen molar-refractivity contribution in [2.45, 2.75) is 25.3 Å². The molecule has 1 fully saturated rings. The summed E-state index contributed by atoms with van der Waals surface area (Å²) in [5.74, 6) is -2.17. The third-order valence-electron chi connectivity index (χ3n) is 4.93. The highest BCUT2D eigenvalue weighted by atomic mass is 32.1. The van der Waals surface area contributed by atoms with Gasteiger partial charge in [-0.15, -0.1) is 0 Å². The van der Waals surface area contributed by atoms with Crippen LogP contribution >= 0.6 is 11.3 Å². The summed E-state index contributed by atoms with van der Waals surface area (Å²) >= 11 is 1.39. The largest absolute Gasteiger partial charge is 0.325 e. The Morgan fingerprint density at radius 2 is 1.87 bits per heavy atom. The second-order valence-corrected chi connectivity index (χ2v) is 8.19. The van der Waals surface area contributed by atoms with E-state index < -0.39 is 17.7 Å². The number of halogens is 2. The maximum atomic E-state index is 13.4. The van der Waals surface area contributed by atoms with E-state index in [0.717, 1.165) is 41.3 Å². The number of likely N-dealkylation sites (tertiary alicyclic amines) is 1. The monoisotopic (exact) mass is 430 g/mol. The number of anilines is 2. The van der Waals surface area contributed by atoms with Crippen LogP contribution in [-0.2, 0) is 9.59 Å². The Balaban J connectivity index is 1.41. The number of carbonyl (C=O) groups excluding carboxylic acids is 2. The summed E-state index contributed by atoms with van der Waals surface area (Å²) in [5.41, 5.74) is 0.873. The lowest BCUT2D eigenvalue weighted by Gasteiger charge is -2.33. The van der Waals surface area contributed by atoms with Crippen molar-refractivity contribution in [2.75, 3.05) is 23.7 Å². The third-order valence-corrected chi connectivity index (χ3v) is 5.89. The van der Waals surface area contributed by atoms with Crippen LogP contribution in [0.15, 0.2) is 42.5 Å². The minimum atomic E-state index is -0.763. The summed E-state index contributed by atoms with van der Waals surface area (Å²) < 4.78 is 27.8. The summed E-state index contributed by atoms with van der Waals surface area (Å²) in [6.45, 7) is 0.619. The minimum Gasteiger partial charge on any atom is -0.325 e. The number of benzene rings is 2. The van der Waals surface area contributed by atoms with E-state index in [1.807, 2.05) is 24.3 Å². The van der Waals surface area contributed by atoms with Gasteiger partial charge in [-0.05, 0) is 43.7 Å². The zero-order valence-corrected chi connectivity index (χ0v) is 16.8. The maximum absolute atomic E-state index is 13.4. The Bertz CT molecular complexity index is 1030. The Morgan fingerprint density at radius 1 is 1.10 bits per heavy atom. The summed E-state index contributed by atoms with van der Waals surface area (Å²) in [4.78, 5) is 31.5. The van der Waals surface area contributed by atoms with Crippen molar-refractivity contribution in [2.24, 2.45) is 0 Å². The van der Waals surface area contributed by atoms with E-state index in [-0.39, 0.29) is 24.0 Å². The van der Waals surface area contributed by atoms with Crippen molar-refractivity contribution in [3.05, 3.63) is 54.1 Å². The number of hydrogen-bond acceptors (Lipinski definition) is 5. The van der Waals surface area contributed by atoms with Crippen LogP contribution in [-0.4, -0.2) is 40.8 Å². The first-order valence-corrected chi connectivity index (χ1v) is 10.5. The molecule has 1 aromatic heterocycles. The van der Waals surface area contributed by atoms with E-state index in [0.29, 0.717) is 18.1 Å². The molecule has 30 heavy (non-hydrogen) atoms. The first-order valence-electron chi connectivity index (χ1n) is 9.64. The number of nitrogens with zero attached hydrogens (tertiary/aromatic N) is 2. The average molecular weight is 430 g/mol. The molecule has 0 radical (unpaired) electrons. The molecule has 4 rings (SSSR count). The van der Waals surface area contributed by atoms with Crippen LogP contribution in [0.3, 0.4) is 0 Å². The molecule has 156 valence electrons. The number of carbonyl (C=O) groups is 2. The van der Waals surface area contributed by atoms with Crippen molar-refractivity contribution < 1.29 is 18.4 Å². The highest BCUT2D eigenvalue weighted by Crippen LogP contribution is 2.26. The topological polar surface area (TPSA) is 74.3 Å². The Labute approximate surface area is 175 Å². The van der Waals surface area contributed by atoms with E-state index in [4.69, 9.17) is 0 Å². The number of fused-ring (bicyclic) bond motifs is 1. The van der Waals surface area contributed by atoms with Crippen molar-refractivity contribution in [1.29, 1.82) is 0 Å². The second kappa shape index (κ2) is 8.85. The zero-order chi connectivity index (χ0) is 21.1. The number of thiazole rings is 1. The number of aromatic nitrogens is 1. The number of para-hydroxylation sites is 1. The first kappa shape index (κ1) is 20.4. The van der Waals surface area contributed by atoms with Crippen molar-refractivity contribution >= 4 is 44.2 Å². The third kappa shape index (κ3) is 4.80. The van der Waals surface area contributed by atoms with Gasteiger partial charge in [0.15, 0.2) is 5.13 Å². The Hall–Kier alpha value is -2.91. The zero-order valence-electron chi connectivity index (χ0n) is 16.0. The van der Waals surface area contributed by atoms with Gasteiger partial charge >= 0.3 is 0 Å². The van der Waals surface area contributed by atoms with E-state index in [1.165, 1.54) is 11.3 Å². The van der Waals surface area contributed by atoms with E-state index >= 15 is 0 Å². The van der Waals surface area contributed by atoms with Crippen LogP contribution < -0.4 is 10.6 Å². The quantitative estimate of drug-likeness (QED) is 0.642. The van der Waals surface area contributed by atoms with Gasteiger partial charge in [0.05, 0.1) is 22.8 Å². The average Bonchev–Trinajstić information content (AvgIpc) is 3.09. The molecule has 0 saturated carbocycles. The smallest absolute Gasteiger partial charge is 0.241 e. The molecule has 3 aromatic rings. The number of rotatable bonds is 5. The van der Waals surface area contributed by atoms with Crippen LogP contribution in [0.5, 0.6) is 0 Å². The van der Waals surface area contributed by atoms with Gasteiger partial charge in [-0.3, -0.25) is 14.5 Å². The number of piperidine rings is 1. The van der Waals surface area contributed by atoms with Crippen LogP contribution in [0.2, 0.25) is 0 Å². The lowest BCUT2D eigenvalue weighted by Crippen LogP contribution is -2.49. The molecular formula is C21H20F2N4O2S. The van der Waals surface area contributed by atoms with E-state index in [2.05, 4.69) is 15.6 Å². The van der Waals surface area contributed by atoms with Gasteiger partial charge in [0.25, 0.3) is 0 Å². The molecular weight excluding hydrogens is 410 g/mol. The highest BCUT2D eigenvalue weighted by Gasteiger charge is 2.30. The highest BCUT2D eigenvalue weighted by molar-refractivity contribution is 7.22. The molecule has 2 N–H and O–H groups in total. The number of amides is 2. The summed E-state index contributed by atoms with van der Waals surface area (Å²) in [6, 6.07) is 9.93. The van der Waals surface area contributed by atoms with Gasteiger partial charge in [-0.2, -0.15) is 0 Å². The molecule has 1 unspecified atom stereocenters. The summed E-state index contributed by atoms with van der Waals surface area (Å²) in [5, 5.41) is 5.87. The van der Waals surface area contributed by atoms with E-state index in [1.54, 1.807) is 4.90 Å². The molecule has 2 heterocycles. The number of nitrogens with one attached hydrogen (secondary N) is 2. The predicted octanol–water partition coefficient (Wildman–Crippen LogP) is 4.01. The van der Waals surface area contributed by atoms with Crippen LogP contribution in [0.4, 0.5) is 19.6 Å². The van der Waals surface area contributed by atoms with Gasteiger partial charge in [0, 0.05) is 11.8 Å². The summed E-state index contributed by atoms with van der Waals surface area (Å²) in [6.07, 6.45) is 2.27. The molecule has 9 heteroatoms. The first-order chi connectivity index (χ1) is 14.5. The minimum absolute atomic E-state index is 0.0333. The van der Waals surface area contributed by atoms with Crippen molar-refractivity contribution in [1.82, 2.24) is 9.88 Å². The van der Waals surface area contributed by atoms with Crippen molar-refractivity contribution in [3.63, 3.8) is 0 Å². The molecule has 0 bridgehead atoms. The standard InChI is InChI=1S/C21H20F2N4O2S/c22-13-9-14(23)11-15(10-13)24-20(29)17-6-3-4-8-27(17)12-19(28)26-21-25-16-5-1-2-7-18(16)30-21/h1-2,5,7,9-11,17H,3-4,6,8,12H2,(H,24,29)(H,25,26,28). The van der Waals surface area contributed by atoms with Crippen LogP contribution in [0.1, 0.15) is 19.3 Å². The maximum Gasteiger partial charge on any atom is 0.241 e. The molecule has 2 amide bonds. The number of hydrogen-bond donors (Lipinski definition) is 2. The lowest BCUT2D eigenvalue weighted by atomic mass is 10.0. The SMILES string of the molecule is O=C(CN1CCCCC1C(=O)Nc1cc(F)cc(F)c1)Nc1nc2ccccc2s1. The fraction of sp³-hybridized carbons (Fsp3) is 0.286. The fourth-order valence-corrected chi connectivity index (χ4v) is 4.48. The van der Waals surface area contributed by atoms with Crippen LogP contribution in [0.25, 0.3) is 10.2 Å². The van der Waals surface area contributed by atoms with Crippen LogP contribution in [0, 0.1) is 11.6 Å². The molecule has 1 aliphatic rings. The normalized spacial score (nSPS) is 17.1. The van der Waals surface area contributed by atoms with Gasteiger partial charge in [-0.25, -0.2) is 13.8 Å². The van der Waals surface area contributed by atoms with Gasteiger partial charge in [0.1, 0.15) is 11.6 Å². The van der Waals surface area contributed by atoms with E-state index in [9.17, 15) is 18.4 Å². The predicted molar refractivity (Wildman–Crippen MR) is 112 cm³/mol. The molecule has 0 aliphatic carbocycles. The molecule has 2 aromatic carbocycles. The molecule has 1 aliphatic heterocycles. The Morgan fingerprint density at radius 3 is 2.63 bits per heavy atom. The molecule has 1 saturated heterocycles. The molecule has 1 atom stereocenters. The van der Waals surface area contributed by atoms with Gasteiger partial charge in [0.2, 0.25) is 11.8 Å². The lowest BCUT2D eigenvalue weighted by molar-refractivity contribution is -0.124. The molecule has 0 spiro atoms. The Kier molecular flexibility index (Phi) is 6.01.